The Bertz CT molecular complexity index is 323. The van der Waals surface area contributed by atoms with Gasteiger partial charge in [-0.25, -0.2) is 4.39 Å². The topological polar surface area (TPSA) is 32.3 Å². The number of nitrogens with one attached hydrogen (secondary N) is 1. The summed E-state index contributed by atoms with van der Waals surface area (Å²) < 4.78 is 12.7. The number of hydrogen-bond donors (Lipinski definition) is 2. The van der Waals surface area contributed by atoms with Crippen LogP contribution in [0.1, 0.15) is 38.8 Å². The molecular weight excluding hydrogens is 217 g/mol. The van der Waals surface area contributed by atoms with Crippen LogP contribution in [0.15, 0.2) is 24.3 Å². The van der Waals surface area contributed by atoms with Crippen LogP contribution in [0.4, 0.5) is 4.39 Å². The molecule has 0 saturated heterocycles. The zero-order chi connectivity index (χ0) is 12.8. The van der Waals surface area contributed by atoms with Gasteiger partial charge in [-0.05, 0) is 37.0 Å². The molecule has 3 heteroatoms. The second-order valence-electron chi connectivity index (χ2n) is 4.96. The quantitative estimate of drug-likeness (QED) is 0.800. The molecule has 2 unspecified atom stereocenters. The first-order chi connectivity index (χ1) is 7.99. The van der Waals surface area contributed by atoms with E-state index in [2.05, 4.69) is 19.2 Å². The maximum Gasteiger partial charge on any atom is 0.123 e. The summed E-state index contributed by atoms with van der Waals surface area (Å²) in [4.78, 5) is 0. The lowest BCUT2D eigenvalue weighted by molar-refractivity contribution is 0.143. The van der Waals surface area contributed by atoms with Crippen molar-refractivity contribution in [1.29, 1.82) is 0 Å². The maximum atomic E-state index is 12.7. The molecule has 0 aliphatic carbocycles. The molecule has 2 nitrogen and oxygen atoms in total. The molecule has 0 heterocycles. The van der Waals surface area contributed by atoms with Gasteiger partial charge in [-0.15, -0.1) is 0 Å². The van der Waals surface area contributed by atoms with Crippen molar-refractivity contribution in [2.45, 2.75) is 39.3 Å². The van der Waals surface area contributed by atoms with Crippen LogP contribution in [-0.2, 0) is 0 Å². The van der Waals surface area contributed by atoms with E-state index < -0.39 is 0 Å². The smallest absolute Gasteiger partial charge is 0.123 e. The minimum Gasteiger partial charge on any atom is -0.392 e. The number of rotatable bonds is 6. The molecule has 0 aliphatic rings. The zero-order valence-electron chi connectivity index (χ0n) is 10.8. The van der Waals surface area contributed by atoms with E-state index in [1.807, 2.05) is 6.92 Å². The van der Waals surface area contributed by atoms with Gasteiger partial charge in [0.25, 0.3) is 0 Å². The molecule has 0 bridgehead atoms. The van der Waals surface area contributed by atoms with Crippen LogP contribution in [0.3, 0.4) is 0 Å². The van der Waals surface area contributed by atoms with Crippen molar-refractivity contribution in [3.63, 3.8) is 0 Å². The van der Waals surface area contributed by atoms with E-state index in [-0.39, 0.29) is 18.0 Å². The largest absolute Gasteiger partial charge is 0.392 e. The monoisotopic (exact) mass is 239 g/mol. The van der Waals surface area contributed by atoms with Crippen LogP contribution in [0.5, 0.6) is 0 Å². The number of aliphatic hydroxyl groups is 1. The van der Waals surface area contributed by atoms with Gasteiger partial charge in [-0.3, -0.25) is 0 Å². The average Bonchev–Trinajstić information content (AvgIpc) is 2.26. The molecule has 0 aromatic heterocycles. The van der Waals surface area contributed by atoms with Gasteiger partial charge < -0.3 is 10.4 Å². The van der Waals surface area contributed by atoms with Crippen molar-refractivity contribution in [3.8, 4) is 0 Å². The Morgan fingerprint density at radius 2 is 1.76 bits per heavy atom. The summed E-state index contributed by atoms with van der Waals surface area (Å²) in [6, 6.07) is 6.57. The minimum absolute atomic E-state index is 0.123. The highest BCUT2D eigenvalue weighted by molar-refractivity contribution is 5.19. The highest BCUT2D eigenvalue weighted by Crippen LogP contribution is 2.13. The molecule has 0 fully saturated rings. The molecule has 0 amide bonds. The van der Waals surface area contributed by atoms with Crippen molar-refractivity contribution in [2.24, 2.45) is 5.92 Å². The summed E-state index contributed by atoms with van der Waals surface area (Å²) in [6.45, 7) is 6.76. The summed E-state index contributed by atoms with van der Waals surface area (Å²) in [5.74, 6) is 0.272. The normalized spacial score (nSPS) is 14.9. The number of benzene rings is 1. The van der Waals surface area contributed by atoms with Gasteiger partial charge in [-0.2, -0.15) is 0 Å². The molecule has 0 spiro atoms. The Morgan fingerprint density at radius 1 is 1.18 bits per heavy atom. The Hall–Kier alpha value is -0.930. The Morgan fingerprint density at radius 3 is 2.29 bits per heavy atom. The fourth-order valence-corrected chi connectivity index (χ4v) is 1.81. The maximum absolute atomic E-state index is 12.7. The van der Waals surface area contributed by atoms with Crippen molar-refractivity contribution >= 4 is 0 Å². The average molecular weight is 239 g/mol. The molecule has 96 valence electrons. The van der Waals surface area contributed by atoms with Gasteiger partial charge in [-0.1, -0.05) is 26.0 Å². The predicted octanol–water partition coefficient (Wildman–Crippen LogP) is 2.88. The first kappa shape index (κ1) is 14.1. The van der Waals surface area contributed by atoms with Crippen molar-refractivity contribution in [3.05, 3.63) is 35.6 Å². The summed E-state index contributed by atoms with van der Waals surface area (Å²) in [5, 5.41) is 13.0. The lowest BCUT2D eigenvalue weighted by Gasteiger charge is -2.18. The molecule has 2 N–H and O–H groups in total. The third-order valence-corrected chi connectivity index (χ3v) is 2.77. The van der Waals surface area contributed by atoms with Crippen molar-refractivity contribution in [2.75, 3.05) is 6.54 Å². The van der Waals surface area contributed by atoms with Gasteiger partial charge in [0.1, 0.15) is 5.82 Å². The van der Waals surface area contributed by atoms with Crippen LogP contribution < -0.4 is 5.32 Å². The van der Waals surface area contributed by atoms with E-state index in [4.69, 9.17) is 0 Å². The third kappa shape index (κ3) is 5.29. The van der Waals surface area contributed by atoms with E-state index in [1.165, 1.54) is 12.1 Å². The minimum atomic E-state index is -0.321. The molecular formula is C14H22FNO. The molecule has 0 aliphatic heterocycles. The number of aliphatic hydroxyl groups excluding tert-OH is 1. The van der Waals surface area contributed by atoms with E-state index in [1.54, 1.807) is 12.1 Å². The first-order valence-corrected chi connectivity index (χ1v) is 6.16. The molecule has 1 rings (SSSR count). The SMILES string of the molecule is CC(C)CC(O)CNC(C)c1ccc(F)cc1. The highest BCUT2D eigenvalue weighted by Gasteiger charge is 2.10. The lowest BCUT2D eigenvalue weighted by atomic mass is 10.0. The molecule has 0 saturated carbocycles. The predicted molar refractivity (Wildman–Crippen MR) is 68.3 cm³/mol. The summed E-state index contributed by atoms with van der Waals surface area (Å²) in [6.07, 6.45) is 0.473. The Kier molecular flexibility index (Phi) is 5.59. The van der Waals surface area contributed by atoms with Gasteiger partial charge in [0.15, 0.2) is 0 Å². The summed E-state index contributed by atoms with van der Waals surface area (Å²) >= 11 is 0. The molecule has 1 aromatic carbocycles. The fraction of sp³-hybridized carbons (Fsp3) is 0.571. The van der Waals surface area contributed by atoms with E-state index >= 15 is 0 Å². The van der Waals surface area contributed by atoms with Crippen LogP contribution in [0, 0.1) is 11.7 Å². The molecule has 0 radical (unpaired) electrons. The van der Waals surface area contributed by atoms with Gasteiger partial charge in [0.05, 0.1) is 6.10 Å². The molecule has 2 atom stereocenters. The summed E-state index contributed by atoms with van der Waals surface area (Å²) in [5.41, 5.74) is 1.03. The lowest BCUT2D eigenvalue weighted by Crippen LogP contribution is -2.29. The number of halogens is 1. The Labute approximate surface area is 103 Å². The fourth-order valence-electron chi connectivity index (χ4n) is 1.81. The zero-order valence-corrected chi connectivity index (χ0v) is 10.8. The second kappa shape index (κ2) is 6.72. The van der Waals surface area contributed by atoms with Crippen molar-refractivity contribution in [1.82, 2.24) is 5.32 Å². The van der Waals surface area contributed by atoms with E-state index in [9.17, 15) is 9.50 Å². The third-order valence-electron chi connectivity index (χ3n) is 2.77. The van der Waals surface area contributed by atoms with Crippen LogP contribution >= 0.6 is 0 Å². The Balaban J connectivity index is 2.39. The van der Waals surface area contributed by atoms with Crippen LogP contribution in [0.25, 0.3) is 0 Å². The second-order valence-corrected chi connectivity index (χ2v) is 4.96. The molecule has 1 aromatic rings. The van der Waals surface area contributed by atoms with E-state index in [0.717, 1.165) is 12.0 Å². The number of hydrogen-bond acceptors (Lipinski definition) is 2. The first-order valence-electron chi connectivity index (χ1n) is 6.16. The standard InChI is InChI=1S/C14H22FNO/c1-10(2)8-14(17)9-16-11(3)12-4-6-13(15)7-5-12/h4-7,10-11,14,16-17H,8-9H2,1-3H3. The van der Waals surface area contributed by atoms with Crippen LogP contribution in [0.2, 0.25) is 0 Å². The van der Waals surface area contributed by atoms with E-state index in [0.29, 0.717) is 12.5 Å². The molecule has 17 heavy (non-hydrogen) atoms. The van der Waals surface area contributed by atoms with Crippen LogP contribution in [-0.4, -0.2) is 17.8 Å². The van der Waals surface area contributed by atoms with Gasteiger partial charge >= 0.3 is 0 Å². The summed E-state index contributed by atoms with van der Waals surface area (Å²) in [7, 11) is 0. The highest BCUT2D eigenvalue weighted by atomic mass is 19.1. The van der Waals surface area contributed by atoms with Gasteiger partial charge in [0.2, 0.25) is 0 Å². The van der Waals surface area contributed by atoms with Crippen molar-refractivity contribution < 1.29 is 9.50 Å². The van der Waals surface area contributed by atoms with Gasteiger partial charge in [0, 0.05) is 12.6 Å².